The molecule has 6 heteroatoms. The largest absolute Gasteiger partial charge is 0.483 e. The molecule has 0 saturated carbocycles. The molecule has 1 atom stereocenters. The summed E-state index contributed by atoms with van der Waals surface area (Å²) in [5, 5.41) is 6.89. The first-order valence-corrected chi connectivity index (χ1v) is 11.0. The van der Waals surface area contributed by atoms with Crippen molar-refractivity contribution in [2.45, 2.75) is 18.9 Å². The van der Waals surface area contributed by atoms with E-state index in [1.165, 1.54) is 11.1 Å². The van der Waals surface area contributed by atoms with Crippen molar-refractivity contribution in [2.24, 2.45) is 5.92 Å². The van der Waals surface area contributed by atoms with Gasteiger partial charge in [0.05, 0.1) is 6.04 Å². The highest BCUT2D eigenvalue weighted by Gasteiger charge is 2.29. The molecule has 0 spiro atoms. The van der Waals surface area contributed by atoms with E-state index in [9.17, 15) is 4.79 Å². The van der Waals surface area contributed by atoms with Gasteiger partial charge in [0, 0.05) is 52.7 Å². The molecule has 2 aliphatic rings. The van der Waals surface area contributed by atoms with Crippen molar-refractivity contribution < 1.29 is 14.7 Å². The molecule has 1 amide bonds. The van der Waals surface area contributed by atoms with Crippen molar-refractivity contribution in [3.05, 3.63) is 71.8 Å². The molecule has 2 fully saturated rings. The Labute approximate surface area is 185 Å². The van der Waals surface area contributed by atoms with E-state index in [4.69, 9.17) is 9.90 Å². The van der Waals surface area contributed by atoms with Crippen LogP contribution in [0.2, 0.25) is 0 Å². The molecule has 0 aromatic heterocycles. The van der Waals surface area contributed by atoms with Gasteiger partial charge in [-0.15, -0.1) is 0 Å². The number of carbonyl (C=O) groups excluding carboxylic acids is 1. The summed E-state index contributed by atoms with van der Waals surface area (Å²) in [5.41, 5.74) is 2.74. The minimum absolute atomic E-state index is 0.250. The lowest BCUT2D eigenvalue weighted by Gasteiger charge is -2.41. The van der Waals surface area contributed by atoms with Crippen LogP contribution >= 0.6 is 0 Å². The lowest BCUT2D eigenvalue weighted by molar-refractivity contribution is -0.133. The van der Waals surface area contributed by atoms with Gasteiger partial charge in [-0.2, -0.15) is 0 Å². The van der Waals surface area contributed by atoms with E-state index in [2.05, 4.69) is 70.5 Å². The molecule has 0 bridgehead atoms. The molecule has 2 aliphatic heterocycles. The van der Waals surface area contributed by atoms with Gasteiger partial charge in [0.1, 0.15) is 0 Å². The maximum absolute atomic E-state index is 11.7. The van der Waals surface area contributed by atoms with Crippen LogP contribution in [-0.4, -0.2) is 78.5 Å². The van der Waals surface area contributed by atoms with Crippen molar-refractivity contribution in [3.63, 3.8) is 0 Å². The molecular weight excluding hydrogens is 390 g/mol. The number of carbonyl (C=O) groups is 2. The van der Waals surface area contributed by atoms with Gasteiger partial charge in [0.15, 0.2) is 0 Å². The maximum atomic E-state index is 11.7. The fourth-order valence-corrected chi connectivity index (χ4v) is 4.70. The van der Waals surface area contributed by atoms with E-state index in [-0.39, 0.29) is 6.47 Å². The van der Waals surface area contributed by atoms with Gasteiger partial charge in [-0.1, -0.05) is 60.7 Å². The van der Waals surface area contributed by atoms with E-state index in [1.54, 1.807) is 0 Å². The number of rotatable bonds is 5. The Morgan fingerprint density at radius 1 is 0.968 bits per heavy atom. The standard InChI is InChI=1S/C24H31N3O.CH2O2/c1-25-18-20(12-13-23(25)28)19-26-14-16-27(17-15-26)24(21-8-4-2-5-9-21)22-10-6-3-7-11-22;2-1-3/h2-11,20,24H,12-19H2,1H3;1H,(H,2,3). The first-order chi connectivity index (χ1) is 15.1. The summed E-state index contributed by atoms with van der Waals surface area (Å²) in [5.74, 6) is 0.919. The van der Waals surface area contributed by atoms with E-state index < -0.39 is 0 Å². The van der Waals surface area contributed by atoms with E-state index in [0.717, 1.165) is 45.7 Å². The van der Waals surface area contributed by atoms with Gasteiger partial charge in [-0.25, -0.2) is 0 Å². The highest BCUT2D eigenvalue weighted by molar-refractivity contribution is 5.76. The monoisotopic (exact) mass is 423 g/mol. The van der Waals surface area contributed by atoms with Crippen molar-refractivity contribution in [1.29, 1.82) is 0 Å². The Morgan fingerprint density at radius 3 is 1.97 bits per heavy atom. The minimum atomic E-state index is -0.250. The number of benzene rings is 2. The molecule has 0 aliphatic carbocycles. The molecule has 166 valence electrons. The molecule has 4 rings (SSSR count). The average molecular weight is 424 g/mol. The van der Waals surface area contributed by atoms with Crippen LogP contribution in [0.15, 0.2) is 60.7 Å². The third kappa shape index (κ3) is 6.39. The van der Waals surface area contributed by atoms with E-state index in [1.807, 2.05) is 11.9 Å². The third-order valence-corrected chi connectivity index (χ3v) is 6.24. The lowest BCUT2D eigenvalue weighted by atomic mass is 9.95. The zero-order valence-electron chi connectivity index (χ0n) is 18.3. The van der Waals surface area contributed by atoms with E-state index >= 15 is 0 Å². The average Bonchev–Trinajstić information content (AvgIpc) is 2.80. The number of hydrogen-bond acceptors (Lipinski definition) is 4. The molecule has 2 aromatic rings. The SMILES string of the molecule is CN1CC(CN2CCN(C(c3ccccc3)c3ccccc3)CC2)CCC1=O.O=CO. The van der Waals surface area contributed by atoms with Crippen LogP contribution < -0.4 is 0 Å². The summed E-state index contributed by atoms with van der Waals surface area (Å²) in [6.45, 7) is 6.14. The number of nitrogens with zero attached hydrogens (tertiary/aromatic N) is 3. The highest BCUT2D eigenvalue weighted by atomic mass is 16.3. The summed E-state index contributed by atoms with van der Waals surface area (Å²) in [6, 6.07) is 22.1. The molecule has 31 heavy (non-hydrogen) atoms. The van der Waals surface area contributed by atoms with Crippen LogP contribution in [0, 0.1) is 5.92 Å². The Bertz CT molecular complexity index is 768. The number of piperazine rings is 1. The zero-order valence-corrected chi connectivity index (χ0v) is 18.3. The van der Waals surface area contributed by atoms with Crippen molar-refractivity contribution >= 4 is 12.4 Å². The smallest absolute Gasteiger partial charge is 0.290 e. The van der Waals surface area contributed by atoms with Gasteiger partial charge < -0.3 is 14.9 Å². The first kappa shape index (κ1) is 23.0. The van der Waals surface area contributed by atoms with Gasteiger partial charge in [-0.05, 0) is 23.5 Å². The number of carboxylic acid groups (broad SMARTS) is 1. The molecule has 1 N–H and O–H groups in total. The van der Waals surface area contributed by atoms with Crippen LogP contribution in [0.25, 0.3) is 0 Å². The Balaban J connectivity index is 0.000000858. The van der Waals surface area contributed by atoms with Crippen molar-refractivity contribution in [1.82, 2.24) is 14.7 Å². The maximum Gasteiger partial charge on any atom is 0.290 e. The molecule has 2 aromatic carbocycles. The van der Waals surface area contributed by atoms with Gasteiger partial charge in [0.25, 0.3) is 6.47 Å². The number of likely N-dealkylation sites (tertiary alicyclic amines) is 1. The lowest BCUT2D eigenvalue weighted by Crippen LogP contribution is -2.50. The van der Waals surface area contributed by atoms with Crippen LogP contribution in [0.5, 0.6) is 0 Å². The summed E-state index contributed by atoms with van der Waals surface area (Å²) in [4.78, 5) is 27.2. The molecule has 6 nitrogen and oxygen atoms in total. The molecule has 0 radical (unpaired) electrons. The minimum Gasteiger partial charge on any atom is -0.483 e. The molecular formula is C25H33N3O3. The molecule has 2 saturated heterocycles. The van der Waals surface area contributed by atoms with Crippen molar-refractivity contribution in [3.8, 4) is 0 Å². The predicted octanol–water partition coefficient (Wildman–Crippen LogP) is 2.96. The number of hydrogen-bond donors (Lipinski definition) is 1. The third-order valence-electron chi connectivity index (χ3n) is 6.24. The Hall–Kier alpha value is -2.70. The quantitative estimate of drug-likeness (QED) is 0.749. The summed E-state index contributed by atoms with van der Waals surface area (Å²) < 4.78 is 0. The van der Waals surface area contributed by atoms with Gasteiger partial charge in [-0.3, -0.25) is 14.5 Å². The Morgan fingerprint density at radius 2 is 1.48 bits per heavy atom. The van der Waals surface area contributed by atoms with Crippen LogP contribution in [0.3, 0.4) is 0 Å². The normalized spacial score (nSPS) is 20.3. The second-order valence-electron chi connectivity index (χ2n) is 8.34. The fraction of sp³-hybridized carbons (Fsp3) is 0.440. The molecule has 1 unspecified atom stereocenters. The van der Waals surface area contributed by atoms with Crippen molar-refractivity contribution in [2.75, 3.05) is 46.3 Å². The van der Waals surface area contributed by atoms with Gasteiger partial charge >= 0.3 is 0 Å². The van der Waals surface area contributed by atoms with Gasteiger partial charge in [0.2, 0.25) is 5.91 Å². The summed E-state index contributed by atoms with van der Waals surface area (Å²) >= 11 is 0. The van der Waals surface area contributed by atoms with Crippen LogP contribution in [0.1, 0.15) is 30.0 Å². The number of piperidine rings is 1. The molecule has 2 heterocycles. The number of amides is 1. The second-order valence-corrected chi connectivity index (χ2v) is 8.34. The fourth-order valence-electron chi connectivity index (χ4n) is 4.70. The zero-order chi connectivity index (χ0) is 22.1. The van der Waals surface area contributed by atoms with Crippen LogP contribution in [0.4, 0.5) is 0 Å². The van der Waals surface area contributed by atoms with Crippen LogP contribution in [-0.2, 0) is 9.59 Å². The predicted molar refractivity (Wildman–Crippen MR) is 122 cm³/mol. The summed E-state index contributed by atoms with van der Waals surface area (Å²) in [6.07, 6.45) is 1.76. The first-order valence-electron chi connectivity index (χ1n) is 11.0. The van der Waals surface area contributed by atoms with E-state index in [0.29, 0.717) is 24.3 Å². The second kappa shape index (κ2) is 11.6. The highest BCUT2D eigenvalue weighted by Crippen LogP contribution is 2.29. The summed E-state index contributed by atoms with van der Waals surface area (Å²) in [7, 11) is 1.94. The Kier molecular flexibility index (Phi) is 8.62. The topological polar surface area (TPSA) is 64.1 Å².